The molecule has 2 aromatic carbocycles. The van der Waals surface area contributed by atoms with Crippen molar-refractivity contribution < 1.29 is 9.84 Å². The second kappa shape index (κ2) is 6.94. The van der Waals surface area contributed by atoms with Crippen molar-refractivity contribution in [3.63, 3.8) is 0 Å². The molecule has 0 fully saturated rings. The van der Waals surface area contributed by atoms with E-state index in [-0.39, 0.29) is 5.75 Å². The number of benzene rings is 2. The third kappa shape index (κ3) is 4.18. The molecule has 0 spiro atoms. The monoisotopic (exact) mass is 348 g/mol. The van der Waals surface area contributed by atoms with Crippen LogP contribution < -0.4 is 4.74 Å². The zero-order chi connectivity index (χ0) is 16.2. The van der Waals surface area contributed by atoms with Crippen LogP contribution >= 0.6 is 23.2 Å². The molecule has 23 heavy (non-hydrogen) atoms. The van der Waals surface area contributed by atoms with Gasteiger partial charge in [0.25, 0.3) is 0 Å². The van der Waals surface area contributed by atoms with Crippen LogP contribution in [0.5, 0.6) is 11.5 Å². The third-order valence-electron chi connectivity index (χ3n) is 3.26. The summed E-state index contributed by atoms with van der Waals surface area (Å²) >= 11 is 12.1. The van der Waals surface area contributed by atoms with Crippen LogP contribution in [-0.4, -0.2) is 14.7 Å². The van der Waals surface area contributed by atoms with Crippen molar-refractivity contribution in [1.29, 1.82) is 0 Å². The fourth-order valence-electron chi connectivity index (χ4n) is 2.24. The highest BCUT2D eigenvalue weighted by Gasteiger charge is 2.06. The maximum atomic E-state index is 9.45. The summed E-state index contributed by atoms with van der Waals surface area (Å²) in [6.45, 7) is 0.893. The van der Waals surface area contributed by atoms with Gasteiger partial charge in [-0.3, -0.25) is 0 Å². The van der Waals surface area contributed by atoms with E-state index in [0.29, 0.717) is 28.9 Å². The normalized spacial score (nSPS) is 10.7. The summed E-state index contributed by atoms with van der Waals surface area (Å²) in [5, 5.41) is 10.6. The first-order valence-electron chi connectivity index (χ1n) is 6.97. The van der Waals surface area contributed by atoms with Crippen molar-refractivity contribution in [1.82, 2.24) is 9.55 Å². The number of phenols is 1. The molecule has 4 nitrogen and oxygen atoms in total. The van der Waals surface area contributed by atoms with Crippen molar-refractivity contribution in [3.05, 3.63) is 76.3 Å². The Bertz CT molecular complexity index is 798. The van der Waals surface area contributed by atoms with Crippen LogP contribution in [0.25, 0.3) is 0 Å². The van der Waals surface area contributed by atoms with Crippen molar-refractivity contribution in [2.24, 2.45) is 0 Å². The van der Waals surface area contributed by atoms with Crippen LogP contribution in [-0.2, 0) is 13.2 Å². The Morgan fingerprint density at radius 2 is 1.87 bits per heavy atom. The fourth-order valence-corrected chi connectivity index (χ4v) is 2.82. The minimum atomic E-state index is 0.166. The largest absolute Gasteiger partial charge is 0.508 e. The summed E-state index contributed by atoms with van der Waals surface area (Å²) in [6, 6.07) is 12.1. The Morgan fingerprint density at radius 3 is 2.61 bits per heavy atom. The molecule has 0 radical (unpaired) electrons. The SMILES string of the molecule is Oc1cccc(OCc2nccn2Cc2cc(Cl)cc(Cl)c2)c1. The molecule has 6 heteroatoms. The van der Waals surface area contributed by atoms with Crippen LogP contribution in [0.15, 0.2) is 54.9 Å². The Morgan fingerprint density at radius 1 is 1.09 bits per heavy atom. The van der Waals surface area contributed by atoms with Gasteiger partial charge in [-0.25, -0.2) is 4.98 Å². The predicted octanol–water partition coefficient (Wildman–Crippen LogP) is 4.52. The van der Waals surface area contributed by atoms with Crippen LogP contribution in [0.4, 0.5) is 0 Å². The van der Waals surface area contributed by atoms with Crippen molar-refractivity contribution in [2.75, 3.05) is 0 Å². The molecule has 3 aromatic rings. The summed E-state index contributed by atoms with van der Waals surface area (Å²) in [7, 11) is 0. The van der Waals surface area contributed by atoms with E-state index in [1.807, 2.05) is 22.9 Å². The minimum absolute atomic E-state index is 0.166. The lowest BCUT2D eigenvalue weighted by Crippen LogP contribution is -2.07. The summed E-state index contributed by atoms with van der Waals surface area (Å²) in [6.07, 6.45) is 3.59. The molecule has 0 saturated carbocycles. The van der Waals surface area contributed by atoms with Crippen molar-refractivity contribution in [3.8, 4) is 11.5 Å². The third-order valence-corrected chi connectivity index (χ3v) is 3.70. The molecule has 1 heterocycles. The molecule has 1 N–H and O–H groups in total. The molecule has 1 aromatic heterocycles. The van der Waals surface area contributed by atoms with Crippen molar-refractivity contribution >= 4 is 23.2 Å². The van der Waals surface area contributed by atoms with Gasteiger partial charge in [0, 0.05) is 35.1 Å². The first kappa shape index (κ1) is 15.7. The van der Waals surface area contributed by atoms with Gasteiger partial charge in [0.15, 0.2) is 0 Å². The number of hydrogen-bond donors (Lipinski definition) is 1. The van der Waals surface area contributed by atoms with E-state index in [2.05, 4.69) is 4.98 Å². The first-order valence-corrected chi connectivity index (χ1v) is 7.72. The molecular formula is C17H14Cl2N2O2. The van der Waals surface area contributed by atoms with E-state index >= 15 is 0 Å². The topological polar surface area (TPSA) is 47.3 Å². The van der Waals surface area contributed by atoms with E-state index in [0.717, 1.165) is 11.4 Å². The van der Waals surface area contributed by atoms with Gasteiger partial charge in [0.05, 0.1) is 0 Å². The average Bonchev–Trinajstić information content (AvgIpc) is 2.91. The second-order valence-electron chi connectivity index (χ2n) is 5.04. The lowest BCUT2D eigenvalue weighted by atomic mass is 10.2. The van der Waals surface area contributed by atoms with Gasteiger partial charge in [-0.15, -0.1) is 0 Å². The summed E-state index contributed by atoms with van der Waals surface area (Å²) in [5.74, 6) is 1.52. The maximum Gasteiger partial charge on any atom is 0.147 e. The molecule has 0 atom stereocenters. The Balaban J connectivity index is 1.72. The summed E-state index contributed by atoms with van der Waals surface area (Å²) < 4.78 is 7.62. The molecule has 0 saturated heterocycles. The number of phenolic OH excluding ortho intramolecular Hbond substituents is 1. The first-order chi connectivity index (χ1) is 11.1. The molecule has 3 rings (SSSR count). The summed E-state index contributed by atoms with van der Waals surface area (Å²) in [4.78, 5) is 4.30. The van der Waals surface area contributed by atoms with Gasteiger partial charge < -0.3 is 14.4 Å². The Kier molecular flexibility index (Phi) is 4.74. The molecule has 0 aliphatic carbocycles. The maximum absolute atomic E-state index is 9.45. The van der Waals surface area contributed by atoms with E-state index in [1.165, 1.54) is 0 Å². The fraction of sp³-hybridized carbons (Fsp3) is 0.118. The Hall–Kier alpha value is -2.17. The van der Waals surface area contributed by atoms with E-state index in [1.54, 1.807) is 36.5 Å². The number of nitrogens with zero attached hydrogens (tertiary/aromatic N) is 2. The van der Waals surface area contributed by atoms with Gasteiger partial charge in [-0.05, 0) is 35.9 Å². The standard InChI is InChI=1S/C17H14Cl2N2O2/c18-13-6-12(7-14(19)8-13)10-21-5-4-20-17(21)11-23-16-3-1-2-15(22)9-16/h1-9,22H,10-11H2. The molecule has 0 unspecified atom stereocenters. The van der Waals surface area contributed by atoms with Gasteiger partial charge in [-0.1, -0.05) is 29.3 Å². The lowest BCUT2D eigenvalue weighted by molar-refractivity contribution is 0.289. The molecular weight excluding hydrogens is 335 g/mol. The number of rotatable bonds is 5. The van der Waals surface area contributed by atoms with Gasteiger partial charge in [0.2, 0.25) is 0 Å². The van der Waals surface area contributed by atoms with Crippen LogP contribution in [0.1, 0.15) is 11.4 Å². The molecule has 0 amide bonds. The van der Waals surface area contributed by atoms with E-state index < -0.39 is 0 Å². The van der Waals surface area contributed by atoms with Gasteiger partial charge in [-0.2, -0.15) is 0 Å². The predicted molar refractivity (Wildman–Crippen MR) is 90.2 cm³/mol. The number of halogens is 2. The zero-order valence-corrected chi connectivity index (χ0v) is 13.6. The number of hydrogen-bond acceptors (Lipinski definition) is 3. The highest BCUT2D eigenvalue weighted by molar-refractivity contribution is 6.34. The molecule has 118 valence electrons. The number of aromatic hydroxyl groups is 1. The highest BCUT2D eigenvalue weighted by Crippen LogP contribution is 2.21. The van der Waals surface area contributed by atoms with Crippen molar-refractivity contribution in [2.45, 2.75) is 13.2 Å². The second-order valence-corrected chi connectivity index (χ2v) is 5.91. The van der Waals surface area contributed by atoms with Crippen LogP contribution in [0.3, 0.4) is 0 Å². The number of ether oxygens (including phenoxy) is 1. The number of aromatic nitrogens is 2. The van der Waals surface area contributed by atoms with E-state index in [9.17, 15) is 5.11 Å². The smallest absolute Gasteiger partial charge is 0.147 e. The lowest BCUT2D eigenvalue weighted by Gasteiger charge is -2.10. The highest BCUT2D eigenvalue weighted by atomic mass is 35.5. The van der Waals surface area contributed by atoms with Crippen LogP contribution in [0, 0.1) is 0 Å². The Labute approximate surface area is 143 Å². The van der Waals surface area contributed by atoms with Crippen LogP contribution in [0.2, 0.25) is 10.0 Å². The van der Waals surface area contributed by atoms with Gasteiger partial charge >= 0.3 is 0 Å². The van der Waals surface area contributed by atoms with E-state index in [4.69, 9.17) is 27.9 Å². The zero-order valence-electron chi connectivity index (χ0n) is 12.1. The quantitative estimate of drug-likeness (QED) is 0.737. The molecule has 0 aliphatic rings. The number of imidazole rings is 1. The molecule has 0 aliphatic heterocycles. The summed E-state index contributed by atoms with van der Waals surface area (Å²) in [5.41, 5.74) is 0.985. The average molecular weight is 349 g/mol. The minimum Gasteiger partial charge on any atom is -0.508 e. The van der Waals surface area contributed by atoms with Gasteiger partial charge in [0.1, 0.15) is 23.9 Å². The molecule has 0 bridgehead atoms.